The number of β-amino-alcohol motifs (C(OH)–C–C–N with tert-alkyl or cyclic N) is 1. The van der Waals surface area contributed by atoms with Gasteiger partial charge in [-0.25, -0.2) is 0 Å². The van der Waals surface area contributed by atoms with Crippen LogP contribution in [0.15, 0.2) is 24.4 Å². The molecule has 3 rings (SSSR count). The second kappa shape index (κ2) is 7.01. The lowest BCUT2D eigenvalue weighted by atomic mass is 10.0. The van der Waals surface area contributed by atoms with Crippen LogP contribution in [0, 0.1) is 0 Å². The number of hydrogen-bond donors (Lipinski definition) is 2. The number of aliphatic hydroxyl groups excluding tert-OH is 1. The SMILES string of the molecule is COc1ccc2ncc(Cl)c(CCN3CC[C@@H](N)[C@H](O)C3)c2c1. The Morgan fingerprint density at radius 3 is 3.04 bits per heavy atom. The van der Waals surface area contributed by atoms with Gasteiger partial charge in [-0.2, -0.15) is 0 Å². The fourth-order valence-corrected chi connectivity index (χ4v) is 3.32. The Hall–Kier alpha value is -1.40. The van der Waals surface area contributed by atoms with Crippen LogP contribution >= 0.6 is 11.6 Å². The molecule has 23 heavy (non-hydrogen) atoms. The van der Waals surface area contributed by atoms with Gasteiger partial charge in [-0.15, -0.1) is 0 Å². The van der Waals surface area contributed by atoms with Gasteiger partial charge in [0.2, 0.25) is 0 Å². The van der Waals surface area contributed by atoms with Gasteiger partial charge in [-0.3, -0.25) is 4.98 Å². The van der Waals surface area contributed by atoms with Crippen LogP contribution in [0.5, 0.6) is 5.75 Å². The summed E-state index contributed by atoms with van der Waals surface area (Å²) in [5.41, 5.74) is 7.84. The molecule has 1 saturated heterocycles. The first kappa shape index (κ1) is 16.5. The molecule has 2 aromatic rings. The Kier molecular flexibility index (Phi) is 5.02. The van der Waals surface area contributed by atoms with Crippen molar-refractivity contribution in [2.75, 3.05) is 26.7 Å². The molecule has 0 saturated carbocycles. The third kappa shape index (κ3) is 3.58. The molecule has 0 spiro atoms. The van der Waals surface area contributed by atoms with Gasteiger partial charge in [-0.1, -0.05) is 11.6 Å². The summed E-state index contributed by atoms with van der Waals surface area (Å²) in [7, 11) is 1.65. The Labute approximate surface area is 141 Å². The highest BCUT2D eigenvalue weighted by Crippen LogP contribution is 2.28. The van der Waals surface area contributed by atoms with Crippen LogP contribution in [0.4, 0.5) is 0 Å². The molecule has 1 aromatic carbocycles. The van der Waals surface area contributed by atoms with E-state index >= 15 is 0 Å². The summed E-state index contributed by atoms with van der Waals surface area (Å²) in [4.78, 5) is 6.61. The maximum atomic E-state index is 9.92. The fraction of sp³-hybridized carbons (Fsp3) is 0.471. The summed E-state index contributed by atoms with van der Waals surface area (Å²) in [5.74, 6) is 0.794. The maximum absolute atomic E-state index is 9.92. The summed E-state index contributed by atoms with van der Waals surface area (Å²) >= 11 is 6.38. The number of ether oxygens (including phenoxy) is 1. The highest BCUT2D eigenvalue weighted by Gasteiger charge is 2.24. The number of methoxy groups -OCH3 is 1. The Morgan fingerprint density at radius 1 is 1.48 bits per heavy atom. The van der Waals surface area contributed by atoms with E-state index in [4.69, 9.17) is 22.1 Å². The zero-order chi connectivity index (χ0) is 16.4. The topological polar surface area (TPSA) is 71.6 Å². The first-order valence-corrected chi connectivity index (χ1v) is 8.23. The molecule has 2 heterocycles. The third-order valence-corrected chi connectivity index (χ3v) is 4.86. The summed E-state index contributed by atoms with van der Waals surface area (Å²) in [6.07, 6.45) is 2.87. The molecule has 6 heteroatoms. The molecule has 124 valence electrons. The van der Waals surface area contributed by atoms with Gasteiger partial charge in [-0.05, 0) is 43.1 Å². The molecule has 2 atom stereocenters. The first-order chi connectivity index (χ1) is 11.1. The van der Waals surface area contributed by atoms with Crippen LogP contribution in [0.2, 0.25) is 5.02 Å². The van der Waals surface area contributed by atoms with Crippen molar-refractivity contribution in [3.05, 3.63) is 35.0 Å². The van der Waals surface area contributed by atoms with Crippen LogP contribution < -0.4 is 10.5 Å². The molecule has 1 aromatic heterocycles. The number of halogens is 1. The number of aliphatic hydroxyl groups is 1. The predicted molar refractivity (Wildman–Crippen MR) is 92.0 cm³/mol. The molecule has 0 aliphatic carbocycles. The van der Waals surface area contributed by atoms with Crippen molar-refractivity contribution < 1.29 is 9.84 Å². The minimum atomic E-state index is -0.450. The number of nitrogens with two attached hydrogens (primary N) is 1. The van der Waals surface area contributed by atoms with Crippen molar-refractivity contribution in [2.24, 2.45) is 5.73 Å². The standard InChI is InChI=1S/C17H22ClN3O2/c1-23-11-2-3-16-13(8-11)12(14(18)9-20-16)4-6-21-7-5-15(19)17(22)10-21/h2-3,8-9,15,17,22H,4-7,10,19H2,1H3/t15-,17-/m1/s1. The molecular formula is C17H22ClN3O2. The average molecular weight is 336 g/mol. The zero-order valence-electron chi connectivity index (χ0n) is 13.2. The maximum Gasteiger partial charge on any atom is 0.119 e. The Bertz CT molecular complexity index is 695. The van der Waals surface area contributed by atoms with Crippen molar-refractivity contribution in [3.8, 4) is 5.75 Å². The summed E-state index contributed by atoms with van der Waals surface area (Å²) in [6.45, 7) is 2.35. The highest BCUT2D eigenvalue weighted by molar-refractivity contribution is 6.32. The lowest BCUT2D eigenvalue weighted by Crippen LogP contribution is -2.50. The number of benzene rings is 1. The number of likely N-dealkylation sites (tertiary alicyclic amines) is 1. The van der Waals surface area contributed by atoms with Crippen molar-refractivity contribution >= 4 is 22.5 Å². The van der Waals surface area contributed by atoms with E-state index in [-0.39, 0.29) is 6.04 Å². The molecule has 1 aliphatic rings. The number of piperidine rings is 1. The minimum absolute atomic E-state index is 0.110. The van der Waals surface area contributed by atoms with E-state index in [1.165, 1.54) is 0 Å². The third-order valence-electron chi connectivity index (χ3n) is 4.53. The van der Waals surface area contributed by atoms with Crippen LogP contribution in [-0.4, -0.2) is 53.9 Å². The van der Waals surface area contributed by atoms with E-state index in [0.29, 0.717) is 11.6 Å². The van der Waals surface area contributed by atoms with Crippen molar-refractivity contribution in [1.82, 2.24) is 9.88 Å². The van der Waals surface area contributed by atoms with Gasteiger partial charge in [0.25, 0.3) is 0 Å². The zero-order valence-corrected chi connectivity index (χ0v) is 14.0. The van der Waals surface area contributed by atoms with E-state index < -0.39 is 6.10 Å². The molecule has 1 aliphatic heterocycles. The molecule has 0 bridgehead atoms. The monoisotopic (exact) mass is 335 g/mol. The smallest absolute Gasteiger partial charge is 0.119 e. The van der Waals surface area contributed by atoms with Crippen molar-refractivity contribution in [1.29, 1.82) is 0 Å². The largest absolute Gasteiger partial charge is 0.497 e. The predicted octanol–water partition coefficient (Wildman–Crippen LogP) is 1.83. The van der Waals surface area contributed by atoms with Crippen LogP contribution in [0.3, 0.4) is 0 Å². The highest BCUT2D eigenvalue weighted by atomic mass is 35.5. The van der Waals surface area contributed by atoms with Crippen LogP contribution in [0.1, 0.15) is 12.0 Å². The number of pyridine rings is 1. The molecule has 0 radical (unpaired) electrons. The van der Waals surface area contributed by atoms with Crippen LogP contribution in [-0.2, 0) is 6.42 Å². The van der Waals surface area contributed by atoms with Gasteiger partial charge in [0, 0.05) is 30.7 Å². The average Bonchev–Trinajstić information content (AvgIpc) is 2.56. The summed E-state index contributed by atoms with van der Waals surface area (Å²) < 4.78 is 5.31. The van der Waals surface area contributed by atoms with E-state index in [1.54, 1.807) is 13.3 Å². The fourth-order valence-electron chi connectivity index (χ4n) is 3.07. The first-order valence-electron chi connectivity index (χ1n) is 7.85. The Balaban J connectivity index is 1.80. The molecule has 1 fully saturated rings. The van der Waals surface area contributed by atoms with Crippen molar-refractivity contribution in [3.63, 3.8) is 0 Å². The molecule has 0 amide bonds. The molecule has 5 nitrogen and oxygen atoms in total. The summed E-state index contributed by atoms with van der Waals surface area (Å²) in [6, 6.07) is 5.71. The molecule has 0 unspecified atom stereocenters. The van der Waals surface area contributed by atoms with Gasteiger partial charge in [0.1, 0.15) is 5.75 Å². The van der Waals surface area contributed by atoms with Gasteiger partial charge in [0.05, 0.1) is 23.8 Å². The number of fused-ring (bicyclic) bond motifs is 1. The second-order valence-corrected chi connectivity index (χ2v) is 6.45. The normalized spacial score (nSPS) is 22.4. The van der Waals surface area contributed by atoms with Gasteiger partial charge >= 0.3 is 0 Å². The quantitative estimate of drug-likeness (QED) is 0.892. The molecule has 3 N–H and O–H groups in total. The van der Waals surface area contributed by atoms with E-state index in [2.05, 4.69) is 9.88 Å². The molecular weight excluding hydrogens is 314 g/mol. The van der Waals surface area contributed by atoms with Crippen LogP contribution in [0.25, 0.3) is 10.9 Å². The van der Waals surface area contributed by atoms with Gasteiger partial charge in [0.15, 0.2) is 0 Å². The number of hydrogen-bond acceptors (Lipinski definition) is 5. The minimum Gasteiger partial charge on any atom is -0.497 e. The van der Waals surface area contributed by atoms with E-state index in [1.807, 2.05) is 18.2 Å². The second-order valence-electron chi connectivity index (χ2n) is 6.04. The number of rotatable bonds is 4. The lowest BCUT2D eigenvalue weighted by molar-refractivity contribution is 0.0542. The Morgan fingerprint density at radius 2 is 2.30 bits per heavy atom. The van der Waals surface area contributed by atoms with Crippen molar-refractivity contribution in [2.45, 2.75) is 25.0 Å². The lowest BCUT2D eigenvalue weighted by Gasteiger charge is -2.34. The summed E-state index contributed by atoms with van der Waals surface area (Å²) in [5, 5.41) is 11.6. The van der Waals surface area contributed by atoms with E-state index in [0.717, 1.165) is 48.1 Å². The van der Waals surface area contributed by atoms with Gasteiger partial charge < -0.3 is 20.5 Å². The number of nitrogens with zero attached hydrogens (tertiary/aromatic N) is 2. The van der Waals surface area contributed by atoms with E-state index in [9.17, 15) is 5.11 Å². The number of aromatic nitrogens is 1.